The molecule has 0 aromatic heterocycles. The van der Waals surface area contributed by atoms with Crippen LogP contribution in [0.3, 0.4) is 0 Å². The molecule has 1 aliphatic heterocycles. The number of hydrogen-bond acceptors (Lipinski definition) is 3. The molecule has 0 aliphatic carbocycles. The number of nitrogens with one attached hydrogen (secondary N) is 2. The molecule has 1 aromatic rings. The highest BCUT2D eigenvalue weighted by Crippen LogP contribution is 2.15. The number of benzene rings is 1. The van der Waals surface area contributed by atoms with Gasteiger partial charge in [0.25, 0.3) is 5.91 Å². The number of hydrogen-bond donors (Lipinski definition) is 2. The highest BCUT2D eigenvalue weighted by atomic mass is 35.5. The van der Waals surface area contributed by atoms with E-state index in [2.05, 4.69) is 17.6 Å². The maximum absolute atomic E-state index is 12.1. The first-order chi connectivity index (χ1) is 9.20. The van der Waals surface area contributed by atoms with Crippen molar-refractivity contribution in [1.82, 2.24) is 10.6 Å². The molecule has 1 fully saturated rings. The van der Waals surface area contributed by atoms with Gasteiger partial charge in [0.2, 0.25) is 0 Å². The molecule has 2 rings (SSSR count). The highest BCUT2D eigenvalue weighted by molar-refractivity contribution is 5.94. The second kappa shape index (κ2) is 8.12. The largest absolute Gasteiger partial charge is 0.497 e. The molecule has 1 amide bonds. The van der Waals surface area contributed by atoms with Crippen molar-refractivity contribution in [2.45, 2.75) is 25.8 Å². The van der Waals surface area contributed by atoms with Crippen LogP contribution in [-0.4, -0.2) is 32.1 Å². The summed E-state index contributed by atoms with van der Waals surface area (Å²) >= 11 is 0. The number of rotatable bonds is 4. The Morgan fingerprint density at radius 3 is 2.65 bits per heavy atom. The molecule has 0 spiro atoms. The first kappa shape index (κ1) is 16.8. The van der Waals surface area contributed by atoms with Gasteiger partial charge in [-0.15, -0.1) is 12.4 Å². The molecule has 112 valence electrons. The van der Waals surface area contributed by atoms with Crippen molar-refractivity contribution in [3.8, 4) is 5.75 Å². The van der Waals surface area contributed by atoms with Crippen LogP contribution in [-0.2, 0) is 0 Å². The van der Waals surface area contributed by atoms with Crippen molar-refractivity contribution in [2.75, 3.05) is 20.2 Å². The molecule has 0 radical (unpaired) electrons. The summed E-state index contributed by atoms with van der Waals surface area (Å²) in [6, 6.07) is 7.39. The van der Waals surface area contributed by atoms with E-state index in [1.165, 1.54) is 12.8 Å². The average molecular weight is 299 g/mol. The molecular weight excluding hydrogens is 276 g/mol. The van der Waals surface area contributed by atoms with Gasteiger partial charge in [-0.2, -0.15) is 0 Å². The second-order valence-electron chi connectivity index (χ2n) is 5.10. The number of halogens is 1. The number of carbonyl (C=O) groups is 1. The molecule has 0 bridgehead atoms. The van der Waals surface area contributed by atoms with Gasteiger partial charge < -0.3 is 15.4 Å². The number of carbonyl (C=O) groups excluding carboxylic acids is 1. The number of methoxy groups -OCH3 is 1. The fraction of sp³-hybridized carbons (Fsp3) is 0.533. The zero-order valence-electron chi connectivity index (χ0n) is 12.0. The lowest BCUT2D eigenvalue weighted by Gasteiger charge is -2.28. The predicted molar refractivity (Wildman–Crippen MR) is 82.8 cm³/mol. The Kier molecular flexibility index (Phi) is 6.82. The van der Waals surface area contributed by atoms with Gasteiger partial charge in [0, 0.05) is 11.6 Å². The van der Waals surface area contributed by atoms with Crippen LogP contribution >= 0.6 is 12.4 Å². The summed E-state index contributed by atoms with van der Waals surface area (Å²) in [6.07, 6.45) is 2.37. The fourth-order valence-corrected chi connectivity index (χ4v) is 2.46. The van der Waals surface area contributed by atoms with E-state index in [0.717, 1.165) is 18.8 Å². The van der Waals surface area contributed by atoms with E-state index in [9.17, 15) is 4.79 Å². The number of amides is 1. The monoisotopic (exact) mass is 298 g/mol. The molecule has 1 heterocycles. The molecule has 2 unspecified atom stereocenters. The zero-order valence-corrected chi connectivity index (χ0v) is 12.8. The zero-order chi connectivity index (χ0) is 13.7. The van der Waals surface area contributed by atoms with E-state index in [1.807, 2.05) is 12.1 Å². The van der Waals surface area contributed by atoms with Gasteiger partial charge in [0.1, 0.15) is 5.75 Å². The maximum Gasteiger partial charge on any atom is 0.251 e. The van der Waals surface area contributed by atoms with Crippen LogP contribution in [0.25, 0.3) is 0 Å². The third kappa shape index (κ3) is 4.39. The Morgan fingerprint density at radius 1 is 1.40 bits per heavy atom. The van der Waals surface area contributed by atoms with E-state index in [-0.39, 0.29) is 24.4 Å². The lowest BCUT2D eigenvalue weighted by atomic mass is 9.92. The molecule has 2 atom stereocenters. The average Bonchev–Trinajstić information content (AvgIpc) is 2.48. The third-order valence-corrected chi connectivity index (χ3v) is 3.75. The highest BCUT2D eigenvalue weighted by Gasteiger charge is 2.21. The van der Waals surface area contributed by atoms with Gasteiger partial charge in [-0.05, 0) is 63.0 Å². The molecule has 1 aliphatic rings. The Morgan fingerprint density at radius 2 is 2.10 bits per heavy atom. The summed E-state index contributed by atoms with van der Waals surface area (Å²) in [6.45, 7) is 4.17. The summed E-state index contributed by atoms with van der Waals surface area (Å²) in [5.74, 6) is 1.28. The minimum atomic E-state index is -0.0132. The molecule has 5 heteroatoms. The van der Waals surface area contributed by atoms with Crippen LogP contribution in [0.15, 0.2) is 24.3 Å². The normalized spacial score (nSPS) is 19.6. The molecule has 2 N–H and O–H groups in total. The van der Waals surface area contributed by atoms with Gasteiger partial charge >= 0.3 is 0 Å². The van der Waals surface area contributed by atoms with Crippen LogP contribution < -0.4 is 15.4 Å². The summed E-state index contributed by atoms with van der Waals surface area (Å²) in [5.41, 5.74) is 0.677. The molecular formula is C15H23ClN2O2. The quantitative estimate of drug-likeness (QED) is 0.896. The van der Waals surface area contributed by atoms with E-state index in [0.29, 0.717) is 11.5 Å². The Hall–Kier alpha value is -1.26. The van der Waals surface area contributed by atoms with Crippen LogP contribution in [0.4, 0.5) is 0 Å². The smallest absolute Gasteiger partial charge is 0.251 e. The Labute approximate surface area is 126 Å². The van der Waals surface area contributed by atoms with Crippen molar-refractivity contribution in [2.24, 2.45) is 5.92 Å². The van der Waals surface area contributed by atoms with Gasteiger partial charge in [0.05, 0.1) is 7.11 Å². The summed E-state index contributed by atoms with van der Waals surface area (Å²) in [4.78, 5) is 12.1. The summed E-state index contributed by atoms with van der Waals surface area (Å²) in [5, 5.41) is 6.46. The van der Waals surface area contributed by atoms with Crippen LogP contribution in [0.2, 0.25) is 0 Å². The van der Waals surface area contributed by atoms with E-state index in [1.54, 1.807) is 19.2 Å². The van der Waals surface area contributed by atoms with Gasteiger partial charge in [0.15, 0.2) is 0 Å². The molecule has 20 heavy (non-hydrogen) atoms. The summed E-state index contributed by atoms with van der Waals surface area (Å²) < 4.78 is 5.09. The van der Waals surface area contributed by atoms with Gasteiger partial charge in [-0.25, -0.2) is 0 Å². The molecule has 1 aromatic carbocycles. The van der Waals surface area contributed by atoms with E-state index >= 15 is 0 Å². The SMILES string of the molecule is COc1ccc(C(=O)NC(C)C2CCCNC2)cc1.Cl. The van der Waals surface area contributed by atoms with Crippen molar-refractivity contribution in [3.63, 3.8) is 0 Å². The second-order valence-corrected chi connectivity index (χ2v) is 5.10. The first-order valence-corrected chi connectivity index (χ1v) is 6.86. The lowest BCUT2D eigenvalue weighted by molar-refractivity contribution is 0.0922. The van der Waals surface area contributed by atoms with Crippen molar-refractivity contribution in [3.05, 3.63) is 29.8 Å². The lowest BCUT2D eigenvalue weighted by Crippen LogP contribution is -2.44. The maximum atomic E-state index is 12.1. The minimum Gasteiger partial charge on any atom is -0.497 e. The standard InChI is InChI=1S/C15H22N2O2.ClH/c1-11(13-4-3-9-16-10-13)17-15(18)12-5-7-14(19-2)8-6-12;/h5-8,11,13,16H,3-4,9-10H2,1-2H3,(H,17,18);1H. The van der Waals surface area contributed by atoms with Gasteiger partial charge in [-0.3, -0.25) is 4.79 Å². The van der Waals surface area contributed by atoms with Crippen LogP contribution in [0.5, 0.6) is 5.75 Å². The minimum absolute atomic E-state index is 0. The Balaban J connectivity index is 0.00000200. The Bertz CT molecular complexity index is 416. The fourth-order valence-electron chi connectivity index (χ4n) is 2.46. The third-order valence-electron chi connectivity index (χ3n) is 3.75. The van der Waals surface area contributed by atoms with Crippen LogP contribution in [0, 0.1) is 5.92 Å². The van der Waals surface area contributed by atoms with E-state index in [4.69, 9.17) is 4.74 Å². The molecule has 4 nitrogen and oxygen atoms in total. The topological polar surface area (TPSA) is 50.4 Å². The first-order valence-electron chi connectivity index (χ1n) is 6.86. The molecule has 0 saturated carbocycles. The number of piperidine rings is 1. The van der Waals surface area contributed by atoms with Crippen molar-refractivity contribution < 1.29 is 9.53 Å². The number of ether oxygens (including phenoxy) is 1. The predicted octanol–water partition coefficient (Wildman–Crippen LogP) is 2.23. The van der Waals surface area contributed by atoms with Crippen LogP contribution in [0.1, 0.15) is 30.1 Å². The van der Waals surface area contributed by atoms with E-state index < -0.39 is 0 Å². The van der Waals surface area contributed by atoms with Crippen molar-refractivity contribution >= 4 is 18.3 Å². The van der Waals surface area contributed by atoms with Gasteiger partial charge in [-0.1, -0.05) is 0 Å². The summed E-state index contributed by atoms with van der Waals surface area (Å²) in [7, 11) is 1.62. The molecule has 1 saturated heterocycles. The van der Waals surface area contributed by atoms with Crippen molar-refractivity contribution in [1.29, 1.82) is 0 Å².